The van der Waals surface area contributed by atoms with E-state index >= 15 is 0 Å². The summed E-state index contributed by atoms with van der Waals surface area (Å²) in [6.07, 6.45) is 3.49. The summed E-state index contributed by atoms with van der Waals surface area (Å²) in [5, 5.41) is 8.80. The fourth-order valence-corrected chi connectivity index (χ4v) is 2.44. The van der Waals surface area contributed by atoms with Crippen LogP contribution in [0, 0.1) is 6.92 Å². The molecule has 0 saturated carbocycles. The topological polar surface area (TPSA) is 104 Å². The molecule has 7 heteroatoms. The molecule has 0 aromatic carbocycles. The number of rotatable bonds is 2. The standard InChI is InChI=1S/C12H13N5O2/c1-6-9-7(3-2-4-8(9)18)15-10(6)11(19)16-12-13-5-14-17-12/h5,15H,2-4H2,1H3,(H2,13,14,16,17,19). The Morgan fingerprint density at radius 3 is 2.95 bits per heavy atom. The molecule has 98 valence electrons. The molecule has 0 fully saturated rings. The number of amides is 1. The summed E-state index contributed by atoms with van der Waals surface area (Å²) < 4.78 is 0. The minimum Gasteiger partial charge on any atom is -0.354 e. The highest BCUT2D eigenvalue weighted by atomic mass is 16.2. The molecule has 19 heavy (non-hydrogen) atoms. The molecule has 2 aromatic heterocycles. The van der Waals surface area contributed by atoms with Gasteiger partial charge in [0.15, 0.2) is 5.78 Å². The van der Waals surface area contributed by atoms with Crippen LogP contribution in [0.25, 0.3) is 0 Å². The van der Waals surface area contributed by atoms with E-state index in [0.717, 1.165) is 18.5 Å². The molecular weight excluding hydrogens is 246 g/mol. The van der Waals surface area contributed by atoms with Gasteiger partial charge < -0.3 is 4.98 Å². The number of nitrogens with one attached hydrogen (secondary N) is 3. The van der Waals surface area contributed by atoms with E-state index in [2.05, 4.69) is 25.5 Å². The maximum atomic E-state index is 12.1. The van der Waals surface area contributed by atoms with Gasteiger partial charge in [-0.25, -0.2) is 5.10 Å². The van der Waals surface area contributed by atoms with Crippen LogP contribution in [0.15, 0.2) is 6.33 Å². The second-order valence-corrected chi connectivity index (χ2v) is 4.54. The fourth-order valence-electron chi connectivity index (χ4n) is 2.44. The van der Waals surface area contributed by atoms with Crippen molar-refractivity contribution in [2.75, 3.05) is 5.32 Å². The van der Waals surface area contributed by atoms with E-state index in [-0.39, 0.29) is 17.6 Å². The lowest BCUT2D eigenvalue weighted by atomic mass is 9.94. The highest BCUT2D eigenvalue weighted by Gasteiger charge is 2.26. The highest BCUT2D eigenvalue weighted by Crippen LogP contribution is 2.26. The molecular formula is C12H13N5O2. The number of carbonyl (C=O) groups is 2. The second kappa shape index (κ2) is 4.34. The first-order valence-electron chi connectivity index (χ1n) is 6.08. The molecule has 1 aliphatic carbocycles. The van der Waals surface area contributed by atoms with Crippen LogP contribution in [0.4, 0.5) is 5.95 Å². The molecule has 0 aliphatic heterocycles. The van der Waals surface area contributed by atoms with Gasteiger partial charge in [0.25, 0.3) is 5.91 Å². The molecule has 0 atom stereocenters. The molecule has 2 heterocycles. The van der Waals surface area contributed by atoms with Gasteiger partial charge in [-0.3, -0.25) is 14.9 Å². The van der Waals surface area contributed by atoms with Crippen molar-refractivity contribution in [3.8, 4) is 0 Å². The van der Waals surface area contributed by atoms with Gasteiger partial charge >= 0.3 is 0 Å². The van der Waals surface area contributed by atoms with Gasteiger partial charge in [-0.15, -0.1) is 0 Å². The highest BCUT2D eigenvalue weighted by molar-refractivity contribution is 6.07. The first-order valence-corrected chi connectivity index (χ1v) is 6.08. The predicted molar refractivity (Wildman–Crippen MR) is 67.1 cm³/mol. The van der Waals surface area contributed by atoms with Gasteiger partial charge in [0.2, 0.25) is 5.95 Å². The second-order valence-electron chi connectivity index (χ2n) is 4.54. The molecule has 0 spiro atoms. The molecule has 7 nitrogen and oxygen atoms in total. The summed E-state index contributed by atoms with van der Waals surface area (Å²) >= 11 is 0. The number of ketones is 1. The molecule has 0 bridgehead atoms. The van der Waals surface area contributed by atoms with E-state index in [1.54, 1.807) is 6.92 Å². The molecule has 0 saturated heterocycles. The zero-order valence-corrected chi connectivity index (χ0v) is 10.4. The quantitative estimate of drug-likeness (QED) is 0.754. The summed E-state index contributed by atoms with van der Waals surface area (Å²) in [5.74, 6) is 0.0634. The number of nitrogens with zero attached hydrogens (tertiary/aromatic N) is 2. The van der Waals surface area contributed by atoms with Gasteiger partial charge in [0.05, 0.1) is 0 Å². The smallest absolute Gasteiger partial charge is 0.274 e. The van der Waals surface area contributed by atoms with Crippen molar-refractivity contribution >= 4 is 17.6 Å². The van der Waals surface area contributed by atoms with Gasteiger partial charge in [-0.2, -0.15) is 10.1 Å². The SMILES string of the molecule is Cc1c(C(=O)Nc2ncn[nH]2)[nH]c2c1C(=O)CCC2. The lowest BCUT2D eigenvalue weighted by molar-refractivity contribution is 0.0971. The Morgan fingerprint density at radius 1 is 1.42 bits per heavy atom. The summed E-state index contributed by atoms with van der Waals surface area (Å²) in [7, 11) is 0. The monoisotopic (exact) mass is 259 g/mol. The van der Waals surface area contributed by atoms with Crippen molar-refractivity contribution in [2.24, 2.45) is 0 Å². The molecule has 1 amide bonds. The van der Waals surface area contributed by atoms with Crippen molar-refractivity contribution in [3.63, 3.8) is 0 Å². The number of anilines is 1. The first-order chi connectivity index (χ1) is 9.16. The van der Waals surface area contributed by atoms with Crippen LogP contribution in [-0.2, 0) is 6.42 Å². The van der Waals surface area contributed by atoms with Crippen LogP contribution in [-0.4, -0.2) is 31.9 Å². The first kappa shape index (κ1) is 11.6. The number of aryl methyl sites for hydroxylation is 1. The average Bonchev–Trinajstić information content (AvgIpc) is 2.98. The lowest BCUT2D eigenvalue weighted by Crippen LogP contribution is -2.15. The largest absolute Gasteiger partial charge is 0.354 e. The third-order valence-electron chi connectivity index (χ3n) is 3.31. The van der Waals surface area contributed by atoms with Crippen LogP contribution in [0.5, 0.6) is 0 Å². The predicted octanol–water partition coefficient (Wildman–Crippen LogP) is 1.21. The minimum atomic E-state index is -0.323. The lowest BCUT2D eigenvalue weighted by Gasteiger charge is -2.09. The van der Waals surface area contributed by atoms with Crippen LogP contribution in [0.2, 0.25) is 0 Å². The van der Waals surface area contributed by atoms with Gasteiger partial charge in [0.1, 0.15) is 12.0 Å². The molecule has 1 aliphatic rings. The van der Waals surface area contributed by atoms with E-state index in [1.807, 2.05) is 0 Å². The van der Waals surface area contributed by atoms with Crippen LogP contribution >= 0.6 is 0 Å². The average molecular weight is 259 g/mol. The van der Waals surface area contributed by atoms with E-state index in [9.17, 15) is 9.59 Å². The van der Waals surface area contributed by atoms with Crippen molar-refractivity contribution < 1.29 is 9.59 Å². The number of hydrogen-bond acceptors (Lipinski definition) is 4. The van der Waals surface area contributed by atoms with Crippen LogP contribution < -0.4 is 5.32 Å². The number of aromatic nitrogens is 4. The molecule has 3 N–H and O–H groups in total. The Balaban J connectivity index is 1.93. The van der Waals surface area contributed by atoms with E-state index in [1.165, 1.54) is 6.33 Å². The Bertz CT molecular complexity index is 641. The Hall–Kier alpha value is -2.44. The number of H-pyrrole nitrogens is 2. The number of aromatic amines is 2. The van der Waals surface area contributed by atoms with Crippen LogP contribution in [0.3, 0.4) is 0 Å². The maximum absolute atomic E-state index is 12.1. The van der Waals surface area contributed by atoms with Crippen molar-refractivity contribution in [1.29, 1.82) is 0 Å². The van der Waals surface area contributed by atoms with Crippen molar-refractivity contribution in [1.82, 2.24) is 20.2 Å². The van der Waals surface area contributed by atoms with Crippen molar-refractivity contribution in [2.45, 2.75) is 26.2 Å². The Labute approximate surface area is 108 Å². The van der Waals surface area contributed by atoms with Gasteiger partial charge in [-0.1, -0.05) is 0 Å². The normalized spacial score (nSPS) is 14.3. The summed E-state index contributed by atoms with van der Waals surface area (Å²) in [6.45, 7) is 1.79. The van der Waals surface area contributed by atoms with E-state index in [0.29, 0.717) is 23.2 Å². The molecule has 0 unspecified atom stereocenters. The minimum absolute atomic E-state index is 0.105. The summed E-state index contributed by atoms with van der Waals surface area (Å²) in [4.78, 5) is 30.9. The van der Waals surface area contributed by atoms with E-state index < -0.39 is 0 Å². The summed E-state index contributed by atoms with van der Waals surface area (Å²) in [5.41, 5.74) is 2.65. The van der Waals surface area contributed by atoms with Gasteiger partial charge in [0, 0.05) is 17.7 Å². The fraction of sp³-hybridized carbons (Fsp3) is 0.333. The third-order valence-corrected chi connectivity index (χ3v) is 3.31. The maximum Gasteiger partial charge on any atom is 0.274 e. The zero-order valence-electron chi connectivity index (χ0n) is 10.4. The molecule has 0 radical (unpaired) electrons. The van der Waals surface area contributed by atoms with Gasteiger partial charge in [-0.05, 0) is 25.3 Å². The third kappa shape index (κ3) is 1.92. The van der Waals surface area contributed by atoms with Crippen LogP contribution in [0.1, 0.15) is 44.9 Å². The van der Waals surface area contributed by atoms with Crippen molar-refractivity contribution in [3.05, 3.63) is 28.8 Å². The van der Waals surface area contributed by atoms with E-state index in [4.69, 9.17) is 0 Å². The Morgan fingerprint density at radius 2 is 2.26 bits per heavy atom. The molecule has 3 rings (SSSR count). The molecule has 2 aromatic rings. The number of hydrogen-bond donors (Lipinski definition) is 3. The number of Topliss-reactive ketones (excluding diaryl/α,β-unsaturated/α-hetero) is 1. The zero-order chi connectivity index (χ0) is 13.4. The summed E-state index contributed by atoms with van der Waals surface area (Å²) in [6, 6.07) is 0. The number of carbonyl (C=O) groups excluding carboxylic acids is 2. The Kier molecular flexibility index (Phi) is 2.66. The number of fused-ring (bicyclic) bond motifs is 1.